The van der Waals surface area contributed by atoms with Gasteiger partial charge in [0, 0.05) is 12.8 Å². The topological polar surface area (TPSA) is 55.6 Å². The van der Waals surface area contributed by atoms with Crippen molar-refractivity contribution in [3.05, 3.63) is 34.8 Å². The average molecular weight is 324 g/mol. The second-order valence-electron chi connectivity index (χ2n) is 4.49. The Morgan fingerprint density at radius 2 is 2.47 bits per heavy atom. The minimum Gasteiger partial charge on any atom is -0.368 e. The van der Waals surface area contributed by atoms with Gasteiger partial charge >= 0.3 is 0 Å². The lowest BCUT2D eigenvalue weighted by Crippen LogP contribution is -2.34. The molecule has 6 heteroatoms. The summed E-state index contributed by atoms with van der Waals surface area (Å²) in [6.45, 7) is 1.07. The summed E-state index contributed by atoms with van der Waals surface area (Å²) in [5, 5.41) is 2.88. The molecule has 100 valence electrons. The SMILES string of the molecule is O=C(NCc1nc(Br)c2ccccn12)C1CCCO1. The molecule has 0 radical (unpaired) electrons. The molecule has 0 bridgehead atoms. The first-order chi connectivity index (χ1) is 9.25. The van der Waals surface area contributed by atoms with Gasteiger partial charge in [-0.05, 0) is 40.9 Å². The van der Waals surface area contributed by atoms with E-state index in [-0.39, 0.29) is 12.0 Å². The Morgan fingerprint density at radius 3 is 3.26 bits per heavy atom. The third kappa shape index (κ3) is 2.50. The molecule has 1 aliphatic rings. The van der Waals surface area contributed by atoms with Crippen LogP contribution in [0.3, 0.4) is 0 Å². The van der Waals surface area contributed by atoms with E-state index in [1.807, 2.05) is 28.8 Å². The number of rotatable bonds is 3. The summed E-state index contributed by atoms with van der Waals surface area (Å²) < 4.78 is 8.09. The lowest BCUT2D eigenvalue weighted by molar-refractivity contribution is -0.130. The average Bonchev–Trinajstić information content (AvgIpc) is 3.06. The maximum atomic E-state index is 11.9. The Labute approximate surface area is 119 Å². The zero-order valence-electron chi connectivity index (χ0n) is 10.3. The second-order valence-corrected chi connectivity index (χ2v) is 5.25. The van der Waals surface area contributed by atoms with Gasteiger partial charge in [0.15, 0.2) is 0 Å². The predicted octanol–water partition coefficient (Wildman–Crippen LogP) is 1.89. The number of amides is 1. The second kappa shape index (κ2) is 5.30. The van der Waals surface area contributed by atoms with Crippen molar-refractivity contribution in [3.8, 4) is 0 Å². The first kappa shape index (κ1) is 12.6. The summed E-state index contributed by atoms with van der Waals surface area (Å²) >= 11 is 3.42. The number of carbonyl (C=O) groups excluding carboxylic acids is 1. The van der Waals surface area contributed by atoms with Gasteiger partial charge < -0.3 is 14.5 Å². The van der Waals surface area contributed by atoms with E-state index in [1.165, 1.54) is 0 Å². The molecule has 1 N–H and O–H groups in total. The zero-order valence-corrected chi connectivity index (χ0v) is 11.9. The molecule has 3 heterocycles. The summed E-state index contributed by atoms with van der Waals surface area (Å²) in [6, 6.07) is 5.87. The van der Waals surface area contributed by atoms with Crippen LogP contribution in [0.15, 0.2) is 29.0 Å². The van der Waals surface area contributed by atoms with Crippen LogP contribution in [0.5, 0.6) is 0 Å². The number of pyridine rings is 1. The summed E-state index contributed by atoms with van der Waals surface area (Å²) in [7, 11) is 0. The van der Waals surface area contributed by atoms with Crippen molar-refractivity contribution in [1.82, 2.24) is 14.7 Å². The molecule has 0 saturated carbocycles. The minimum atomic E-state index is -0.297. The number of fused-ring (bicyclic) bond motifs is 1. The number of hydrogen-bond acceptors (Lipinski definition) is 3. The minimum absolute atomic E-state index is 0.0543. The summed E-state index contributed by atoms with van der Waals surface area (Å²) in [4.78, 5) is 16.3. The quantitative estimate of drug-likeness (QED) is 0.938. The third-order valence-corrected chi connectivity index (χ3v) is 3.80. The highest BCUT2D eigenvalue weighted by Crippen LogP contribution is 2.18. The van der Waals surface area contributed by atoms with Crippen LogP contribution in [0.25, 0.3) is 5.52 Å². The number of carbonyl (C=O) groups is 1. The van der Waals surface area contributed by atoms with Crippen LogP contribution >= 0.6 is 15.9 Å². The molecule has 2 aromatic rings. The van der Waals surface area contributed by atoms with E-state index in [0.29, 0.717) is 13.2 Å². The summed E-state index contributed by atoms with van der Waals surface area (Å²) in [6.07, 6.45) is 3.39. The van der Waals surface area contributed by atoms with Crippen molar-refractivity contribution >= 4 is 27.4 Å². The molecule has 3 rings (SSSR count). The van der Waals surface area contributed by atoms with E-state index in [4.69, 9.17) is 4.74 Å². The molecular formula is C13H14BrN3O2. The molecule has 0 aliphatic carbocycles. The van der Waals surface area contributed by atoms with Crippen LogP contribution in [0.1, 0.15) is 18.7 Å². The fourth-order valence-electron chi connectivity index (χ4n) is 2.25. The molecule has 2 aromatic heterocycles. The van der Waals surface area contributed by atoms with Crippen LogP contribution in [0.4, 0.5) is 0 Å². The number of imidazole rings is 1. The van der Waals surface area contributed by atoms with E-state index < -0.39 is 0 Å². The van der Waals surface area contributed by atoms with Gasteiger partial charge in [0.05, 0.1) is 12.1 Å². The first-order valence-electron chi connectivity index (χ1n) is 6.26. The van der Waals surface area contributed by atoms with Crippen LogP contribution in [-0.2, 0) is 16.1 Å². The monoisotopic (exact) mass is 323 g/mol. The van der Waals surface area contributed by atoms with Crippen LogP contribution in [-0.4, -0.2) is 28.0 Å². The number of ether oxygens (including phenoxy) is 1. The van der Waals surface area contributed by atoms with Crippen molar-refractivity contribution in [2.75, 3.05) is 6.61 Å². The normalized spacial score (nSPS) is 18.9. The number of aromatic nitrogens is 2. The molecule has 1 fully saturated rings. The lowest BCUT2D eigenvalue weighted by Gasteiger charge is -2.09. The predicted molar refractivity (Wildman–Crippen MR) is 73.7 cm³/mol. The van der Waals surface area contributed by atoms with Gasteiger partial charge in [-0.25, -0.2) is 4.98 Å². The van der Waals surface area contributed by atoms with Gasteiger partial charge in [-0.15, -0.1) is 0 Å². The van der Waals surface area contributed by atoms with Crippen LogP contribution in [0.2, 0.25) is 0 Å². The van der Waals surface area contributed by atoms with Crippen molar-refractivity contribution in [1.29, 1.82) is 0 Å². The Kier molecular flexibility index (Phi) is 3.52. The van der Waals surface area contributed by atoms with Crippen LogP contribution < -0.4 is 5.32 Å². The Bertz CT molecular complexity index is 605. The van der Waals surface area contributed by atoms with Gasteiger partial charge in [-0.1, -0.05) is 6.07 Å². The highest BCUT2D eigenvalue weighted by Gasteiger charge is 2.23. The Balaban J connectivity index is 1.73. The lowest BCUT2D eigenvalue weighted by atomic mass is 10.2. The van der Waals surface area contributed by atoms with E-state index in [9.17, 15) is 4.79 Å². The number of halogens is 1. The van der Waals surface area contributed by atoms with E-state index in [1.54, 1.807) is 0 Å². The molecule has 1 saturated heterocycles. The molecule has 5 nitrogen and oxygen atoms in total. The third-order valence-electron chi connectivity index (χ3n) is 3.22. The van der Waals surface area contributed by atoms with Gasteiger partial charge in [0.1, 0.15) is 16.5 Å². The van der Waals surface area contributed by atoms with Crippen molar-refractivity contribution in [2.24, 2.45) is 0 Å². The number of hydrogen-bond donors (Lipinski definition) is 1. The van der Waals surface area contributed by atoms with Gasteiger partial charge in [0.2, 0.25) is 5.91 Å². The highest BCUT2D eigenvalue weighted by atomic mass is 79.9. The maximum absolute atomic E-state index is 11.9. The molecule has 1 unspecified atom stereocenters. The fourth-order valence-corrected chi connectivity index (χ4v) is 2.78. The number of nitrogens with zero attached hydrogens (tertiary/aromatic N) is 2. The number of nitrogens with one attached hydrogen (secondary N) is 1. The Morgan fingerprint density at radius 1 is 1.58 bits per heavy atom. The van der Waals surface area contributed by atoms with Gasteiger partial charge in [-0.2, -0.15) is 0 Å². The molecule has 1 aliphatic heterocycles. The summed E-state index contributed by atoms with van der Waals surface area (Å²) in [5.74, 6) is 0.745. The Hall–Kier alpha value is -1.40. The molecule has 1 atom stereocenters. The molecule has 0 aromatic carbocycles. The van der Waals surface area contributed by atoms with Crippen LogP contribution in [0, 0.1) is 0 Å². The van der Waals surface area contributed by atoms with Crippen molar-refractivity contribution in [2.45, 2.75) is 25.5 Å². The highest BCUT2D eigenvalue weighted by molar-refractivity contribution is 9.10. The maximum Gasteiger partial charge on any atom is 0.249 e. The largest absolute Gasteiger partial charge is 0.368 e. The van der Waals surface area contributed by atoms with Crippen molar-refractivity contribution < 1.29 is 9.53 Å². The fraction of sp³-hybridized carbons (Fsp3) is 0.385. The van der Waals surface area contributed by atoms with Gasteiger partial charge in [0.25, 0.3) is 0 Å². The molecule has 1 amide bonds. The molecular weight excluding hydrogens is 310 g/mol. The molecule has 19 heavy (non-hydrogen) atoms. The summed E-state index contributed by atoms with van der Waals surface area (Å²) in [5.41, 5.74) is 0.990. The smallest absolute Gasteiger partial charge is 0.249 e. The standard InChI is InChI=1S/C13H14BrN3O2/c14-12-9-4-1-2-6-17(9)11(16-12)8-15-13(18)10-5-3-7-19-10/h1-2,4,6,10H,3,5,7-8H2,(H,15,18). The van der Waals surface area contributed by atoms with Crippen molar-refractivity contribution in [3.63, 3.8) is 0 Å². The van der Waals surface area contributed by atoms with E-state index in [2.05, 4.69) is 26.2 Å². The van der Waals surface area contributed by atoms with E-state index in [0.717, 1.165) is 28.8 Å². The van der Waals surface area contributed by atoms with Gasteiger partial charge in [-0.3, -0.25) is 4.79 Å². The molecule has 0 spiro atoms. The first-order valence-corrected chi connectivity index (χ1v) is 7.06. The zero-order chi connectivity index (χ0) is 13.2. The van der Waals surface area contributed by atoms with E-state index >= 15 is 0 Å².